The average Bonchev–Trinajstić information content (AvgIpc) is 2.19. The molecule has 16 heavy (non-hydrogen) atoms. The molecule has 0 bridgehead atoms. The van der Waals surface area contributed by atoms with Crippen molar-refractivity contribution in [2.45, 2.75) is 83.6 Å². The molecule has 1 saturated carbocycles. The van der Waals surface area contributed by atoms with Gasteiger partial charge in [-0.25, -0.2) is 5.01 Å². The van der Waals surface area contributed by atoms with Crippen molar-refractivity contribution in [2.75, 3.05) is 6.54 Å². The lowest BCUT2D eigenvalue weighted by Gasteiger charge is -2.34. The molecule has 2 N–H and O–H groups in total. The first-order chi connectivity index (χ1) is 7.84. The van der Waals surface area contributed by atoms with E-state index in [4.69, 9.17) is 5.84 Å². The largest absolute Gasteiger partial charge is 0.269 e. The Morgan fingerprint density at radius 3 is 2.00 bits per heavy atom. The molecule has 1 rings (SSSR count). The molecule has 96 valence electrons. The van der Waals surface area contributed by atoms with Crippen LogP contribution in [0.25, 0.3) is 0 Å². The van der Waals surface area contributed by atoms with Gasteiger partial charge in [-0.1, -0.05) is 58.3 Å². The Balaban J connectivity index is 1.77. The van der Waals surface area contributed by atoms with Gasteiger partial charge in [0.2, 0.25) is 0 Å². The first kappa shape index (κ1) is 14.0. The van der Waals surface area contributed by atoms with Gasteiger partial charge in [-0.05, 0) is 19.3 Å². The zero-order chi connectivity index (χ0) is 11.6. The number of rotatable bonds is 10. The van der Waals surface area contributed by atoms with E-state index in [-0.39, 0.29) is 0 Å². The van der Waals surface area contributed by atoms with E-state index in [0.717, 1.165) is 6.54 Å². The highest BCUT2D eigenvalue weighted by Crippen LogP contribution is 2.22. The second-order valence-electron chi connectivity index (χ2n) is 5.30. The summed E-state index contributed by atoms with van der Waals surface area (Å²) in [4.78, 5) is 0. The molecule has 0 aromatic carbocycles. The molecular formula is C14H30N2. The second kappa shape index (κ2) is 9.00. The zero-order valence-electron chi connectivity index (χ0n) is 11.1. The summed E-state index contributed by atoms with van der Waals surface area (Å²) in [6, 6.07) is 0.713. The summed E-state index contributed by atoms with van der Waals surface area (Å²) in [6.07, 6.45) is 15.2. The van der Waals surface area contributed by atoms with Crippen LogP contribution < -0.4 is 5.84 Å². The van der Waals surface area contributed by atoms with Crippen molar-refractivity contribution >= 4 is 0 Å². The maximum absolute atomic E-state index is 5.99. The minimum atomic E-state index is 0.713. The van der Waals surface area contributed by atoms with Crippen LogP contribution >= 0.6 is 0 Å². The molecule has 0 saturated heterocycles. The molecule has 1 fully saturated rings. The van der Waals surface area contributed by atoms with E-state index in [1.165, 1.54) is 70.6 Å². The number of nitrogens with two attached hydrogens (primary N) is 1. The van der Waals surface area contributed by atoms with Crippen molar-refractivity contribution in [3.63, 3.8) is 0 Å². The molecule has 1 aliphatic carbocycles. The summed E-state index contributed by atoms with van der Waals surface area (Å²) < 4.78 is 0. The first-order valence-corrected chi connectivity index (χ1v) is 7.36. The zero-order valence-corrected chi connectivity index (χ0v) is 11.1. The Bertz CT molecular complexity index is 155. The van der Waals surface area contributed by atoms with E-state index in [2.05, 4.69) is 11.9 Å². The van der Waals surface area contributed by atoms with Crippen LogP contribution in [-0.4, -0.2) is 17.6 Å². The Kier molecular flexibility index (Phi) is 7.87. The fraction of sp³-hybridized carbons (Fsp3) is 1.00. The van der Waals surface area contributed by atoms with Crippen molar-refractivity contribution in [1.29, 1.82) is 0 Å². The predicted molar refractivity (Wildman–Crippen MR) is 71.1 cm³/mol. The van der Waals surface area contributed by atoms with Gasteiger partial charge in [0, 0.05) is 12.6 Å². The van der Waals surface area contributed by atoms with Gasteiger partial charge in [0.15, 0.2) is 0 Å². The van der Waals surface area contributed by atoms with Gasteiger partial charge in [-0.3, -0.25) is 5.84 Å². The average molecular weight is 226 g/mol. The number of nitrogens with zero attached hydrogens (tertiary/aromatic N) is 1. The quantitative estimate of drug-likeness (QED) is 0.348. The van der Waals surface area contributed by atoms with Gasteiger partial charge >= 0.3 is 0 Å². The maximum atomic E-state index is 5.99. The van der Waals surface area contributed by atoms with Crippen molar-refractivity contribution < 1.29 is 0 Å². The number of hydrogen-bond acceptors (Lipinski definition) is 2. The molecule has 2 heteroatoms. The topological polar surface area (TPSA) is 29.3 Å². The monoisotopic (exact) mass is 226 g/mol. The normalized spacial score (nSPS) is 16.7. The minimum absolute atomic E-state index is 0.713. The van der Waals surface area contributed by atoms with E-state index in [1.54, 1.807) is 0 Å². The maximum Gasteiger partial charge on any atom is 0.0241 e. The SMILES string of the molecule is CCCCCCCCCCN(N)C1CCC1. The van der Waals surface area contributed by atoms with Crippen molar-refractivity contribution in [3.05, 3.63) is 0 Å². The highest BCUT2D eigenvalue weighted by Gasteiger charge is 2.21. The van der Waals surface area contributed by atoms with Crippen LogP contribution in [0.5, 0.6) is 0 Å². The van der Waals surface area contributed by atoms with Crippen LogP contribution in [0.4, 0.5) is 0 Å². The van der Waals surface area contributed by atoms with Crippen molar-refractivity contribution in [3.8, 4) is 0 Å². The van der Waals surface area contributed by atoms with Gasteiger partial charge in [0.1, 0.15) is 0 Å². The van der Waals surface area contributed by atoms with Crippen molar-refractivity contribution in [1.82, 2.24) is 5.01 Å². The Labute approximate surface area is 102 Å². The van der Waals surface area contributed by atoms with E-state index >= 15 is 0 Å². The smallest absolute Gasteiger partial charge is 0.0241 e. The molecule has 0 heterocycles. The van der Waals surface area contributed by atoms with Crippen LogP contribution in [-0.2, 0) is 0 Å². The predicted octanol–water partition coefficient (Wildman–Crippen LogP) is 3.86. The first-order valence-electron chi connectivity index (χ1n) is 7.36. The fourth-order valence-electron chi connectivity index (χ4n) is 2.33. The molecular weight excluding hydrogens is 196 g/mol. The summed E-state index contributed by atoms with van der Waals surface area (Å²) >= 11 is 0. The molecule has 0 radical (unpaired) electrons. The van der Waals surface area contributed by atoms with Crippen LogP contribution in [0.1, 0.15) is 77.6 Å². The van der Waals surface area contributed by atoms with E-state index in [1.807, 2.05) is 0 Å². The summed E-state index contributed by atoms with van der Waals surface area (Å²) in [7, 11) is 0. The van der Waals surface area contributed by atoms with Gasteiger partial charge < -0.3 is 0 Å². The van der Waals surface area contributed by atoms with Gasteiger partial charge in [-0.15, -0.1) is 0 Å². The van der Waals surface area contributed by atoms with Crippen LogP contribution in [0, 0.1) is 0 Å². The lowest BCUT2D eigenvalue weighted by Crippen LogP contribution is -2.45. The van der Waals surface area contributed by atoms with Gasteiger partial charge in [0.05, 0.1) is 0 Å². The summed E-state index contributed by atoms with van der Waals surface area (Å²) in [5.41, 5.74) is 0. The Morgan fingerprint density at radius 1 is 0.938 bits per heavy atom. The van der Waals surface area contributed by atoms with E-state index < -0.39 is 0 Å². The van der Waals surface area contributed by atoms with Crippen LogP contribution in [0.2, 0.25) is 0 Å². The highest BCUT2D eigenvalue weighted by molar-refractivity contribution is 4.76. The molecule has 0 atom stereocenters. The molecule has 0 amide bonds. The standard InChI is InChI=1S/C14H30N2/c1-2-3-4-5-6-7-8-9-13-16(15)14-11-10-12-14/h14H,2-13,15H2,1H3. The number of hydrogen-bond donors (Lipinski definition) is 1. The minimum Gasteiger partial charge on any atom is -0.269 e. The Hall–Kier alpha value is -0.0800. The molecule has 0 unspecified atom stereocenters. The van der Waals surface area contributed by atoms with Crippen LogP contribution in [0.3, 0.4) is 0 Å². The molecule has 0 spiro atoms. The van der Waals surface area contributed by atoms with E-state index in [9.17, 15) is 0 Å². The highest BCUT2D eigenvalue weighted by atomic mass is 15.4. The third-order valence-electron chi connectivity index (χ3n) is 3.81. The second-order valence-corrected chi connectivity index (χ2v) is 5.30. The third-order valence-corrected chi connectivity index (χ3v) is 3.81. The van der Waals surface area contributed by atoms with Crippen LogP contribution in [0.15, 0.2) is 0 Å². The number of unbranched alkanes of at least 4 members (excludes halogenated alkanes) is 7. The third kappa shape index (κ3) is 5.86. The van der Waals surface area contributed by atoms with Gasteiger partial charge in [-0.2, -0.15) is 0 Å². The summed E-state index contributed by atoms with van der Waals surface area (Å²) in [5, 5.41) is 2.08. The number of hydrazine groups is 1. The summed E-state index contributed by atoms with van der Waals surface area (Å²) in [6.45, 7) is 3.38. The van der Waals surface area contributed by atoms with E-state index in [0.29, 0.717) is 6.04 Å². The Morgan fingerprint density at radius 2 is 1.50 bits per heavy atom. The van der Waals surface area contributed by atoms with Crippen molar-refractivity contribution in [2.24, 2.45) is 5.84 Å². The molecule has 0 aliphatic heterocycles. The molecule has 1 aliphatic rings. The molecule has 2 nitrogen and oxygen atoms in total. The van der Waals surface area contributed by atoms with Gasteiger partial charge in [0.25, 0.3) is 0 Å². The summed E-state index contributed by atoms with van der Waals surface area (Å²) in [5.74, 6) is 5.99. The lowest BCUT2D eigenvalue weighted by atomic mass is 9.92. The fourth-order valence-corrected chi connectivity index (χ4v) is 2.33. The molecule has 0 aromatic heterocycles. The molecule has 0 aromatic rings. The lowest BCUT2D eigenvalue weighted by molar-refractivity contribution is 0.126.